The molecule has 0 N–H and O–H groups in total. The van der Waals surface area contributed by atoms with E-state index in [1.165, 1.54) is 0 Å². The van der Waals surface area contributed by atoms with Gasteiger partial charge in [0.25, 0.3) is 0 Å². The van der Waals surface area contributed by atoms with E-state index in [1.54, 1.807) is 6.26 Å². The molecule has 0 saturated heterocycles. The predicted molar refractivity (Wildman–Crippen MR) is 103 cm³/mol. The van der Waals surface area contributed by atoms with Crippen molar-refractivity contribution in [3.8, 4) is 5.75 Å². The Morgan fingerprint density at radius 1 is 1.12 bits per heavy atom. The van der Waals surface area contributed by atoms with Crippen molar-refractivity contribution >= 4 is 33.2 Å². The van der Waals surface area contributed by atoms with Gasteiger partial charge in [-0.2, -0.15) is 5.10 Å². The minimum atomic E-state index is -0.297. The molecule has 1 aromatic heterocycles. The van der Waals surface area contributed by atoms with Gasteiger partial charge in [0.15, 0.2) is 0 Å². The molecule has 2 aliphatic rings. The fourth-order valence-corrected chi connectivity index (χ4v) is 3.94. The van der Waals surface area contributed by atoms with Crippen molar-refractivity contribution in [2.24, 2.45) is 5.10 Å². The van der Waals surface area contributed by atoms with E-state index >= 15 is 0 Å². The molecule has 2 aromatic carbocycles. The van der Waals surface area contributed by atoms with Gasteiger partial charge in [0.2, 0.25) is 6.23 Å². The van der Waals surface area contributed by atoms with Gasteiger partial charge in [0.05, 0.1) is 12.3 Å². The minimum Gasteiger partial charge on any atom is -0.464 e. The number of ether oxygens (including phenoxy) is 1. The molecule has 0 saturated carbocycles. The monoisotopic (exact) mass is 428 g/mol. The Morgan fingerprint density at radius 3 is 2.73 bits per heavy atom. The summed E-state index contributed by atoms with van der Waals surface area (Å²) in [6, 6.07) is 17.8. The van der Waals surface area contributed by atoms with Gasteiger partial charge in [0.1, 0.15) is 17.2 Å². The first-order chi connectivity index (χ1) is 12.7. The van der Waals surface area contributed by atoms with E-state index in [1.807, 2.05) is 59.6 Å². The average Bonchev–Trinajstić information content (AvgIpc) is 3.32. The van der Waals surface area contributed by atoms with Gasteiger partial charge in [-0.05, 0) is 42.5 Å². The maximum absolute atomic E-state index is 6.31. The lowest BCUT2D eigenvalue weighted by molar-refractivity contribution is -0.0190. The lowest BCUT2D eigenvalue weighted by Crippen LogP contribution is -2.33. The van der Waals surface area contributed by atoms with Crippen LogP contribution in [-0.2, 0) is 0 Å². The Labute approximate surface area is 164 Å². The molecule has 5 rings (SSSR count). The maximum Gasteiger partial charge on any atom is 0.213 e. The summed E-state index contributed by atoms with van der Waals surface area (Å²) in [5.41, 5.74) is 3.01. The molecule has 0 fully saturated rings. The van der Waals surface area contributed by atoms with Gasteiger partial charge in [0, 0.05) is 27.0 Å². The van der Waals surface area contributed by atoms with Gasteiger partial charge in [-0.3, -0.25) is 0 Å². The second kappa shape index (κ2) is 6.18. The van der Waals surface area contributed by atoms with Crippen LogP contribution in [0.5, 0.6) is 5.75 Å². The zero-order valence-corrected chi connectivity index (χ0v) is 15.9. The average molecular weight is 430 g/mol. The van der Waals surface area contributed by atoms with Crippen LogP contribution in [-0.4, -0.2) is 10.7 Å². The number of hydrogen-bond acceptors (Lipinski definition) is 4. The van der Waals surface area contributed by atoms with Crippen LogP contribution >= 0.6 is 27.5 Å². The van der Waals surface area contributed by atoms with Crippen LogP contribution in [0.1, 0.15) is 35.6 Å². The Morgan fingerprint density at radius 2 is 1.96 bits per heavy atom. The van der Waals surface area contributed by atoms with Gasteiger partial charge in [-0.1, -0.05) is 39.7 Å². The van der Waals surface area contributed by atoms with Crippen molar-refractivity contribution in [2.75, 3.05) is 0 Å². The van der Waals surface area contributed by atoms with Crippen LogP contribution in [0.15, 0.2) is 74.9 Å². The molecule has 2 atom stereocenters. The molecule has 0 radical (unpaired) electrons. The van der Waals surface area contributed by atoms with Gasteiger partial charge >= 0.3 is 0 Å². The fraction of sp³-hybridized carbons (Fsp3) is 0.150. The minimum absolute atomic E-state index is 0.0613. The number of halogens is 2. The smallest absolute Gasteiger partial charge is 0.213 e. The van der Waals surface area contributed by atoms with Crippen LogP contribution in [0.25, 0.3) is 0 Å². The van der Waals surface area contributed by atoms with Gasteiger partial charge in [-0.15, -0.1) is 0 Å². The number of hydrazone groups is 1. The summed E-state index contributed by atoms with van der Waals surface area (Å²) >= 11 is 9.72. The normalized spacial score (nSPS) is 21.0. The summed E-state index contributed by atoms with van der Waals surface area (Å²) in [6.45, 7) is 0. The summed E-state index contributed by atoms with van der Waals surface area (Å²) in [4.78, 5) is 0. The van der Waals surface area contributed by atoms with Crippen LogP contribution in [0.4, 0.5) is 0 Å². The first kappa shape index (κ1) is 16.0. The van der Waals surface area contributed by atoms with Crippen molar-refractivity contribution in [3.05, 3.63) is 87.2 Å². The molecule has 0 spiro atoms. The molecule has 26 heavy (non-hydrogen) atoms. The quantitative estimate of drug-likeness (QED) is 0.506. The number of nitrogens with zero attached hydrogens (tertiary/aromatic N) is 2. The SMILES string of the molecule is Clc1ccc2c(c1)C1CC(c3ccco3)=NN1C(c1ccc(Br)cc1)O2. The molecule has 0 aliphatic carbocycles. The number of fused-ring (bicyclic) bond motifs is 3. The summed E-state index contributed by atoms with van der Waals surface area (Å²) in [5, 5.41) is 7.55. The molecule has 0 amide bonds. The second-order valence-electron chi connectivity index (χ2n) is 6.33. The molecule has 4 nitrogen and oxygen atoms in total. The Kier molecular flexibility index (Phi) is 3.80. The zero-order valence-electron chi connectivity index (χ0n) is 13.6. The van der Waals surface area contributed by atoms with E-state index in [9.17, 15) is 0 Å². The lowest BCUT2D eigenvalue weighted by Gasteiger charge is -2.38. The topological polar surface area (TPSA) is 38.0 Å². The molecule has 3 heterocycles. The number of hydrogen-bond donors (Lipinski definition) is 0. The maximum atomic E-state index is 6.31. The fourth-order valence-electron chi connectivity index (χ4n) is 3.50. The van der Waals surface area contributed by atoms with Crippen LogP contribution < -0.4 is 4.74 Å². The van der Waals surface area contributed by atoms with Crippen molar-refractivity contribution in [3.63, 3.8) is 0 Å². The first-order valence-electron chi connectivity index (χ1n) is 8.30. The molecule has 2 unspecified atom stereocenters. The number of rotatable bonds is 2. The summed E-state index contributed by atoms with van der Waals surface area (Å²) in [5.74, 6) is 1.64. The van der Waals surface area contributed by atoms with Crippen molar-refractivity contribution in [1.29, 1.82) is 0 Å². The highest BCUT2D eigenvalue weighted by molar-refractivity contribution is 9.10. The van der Waals surface area contributed by atoms with Gasteiger partial charge < -0.3 is 9.15 Å². The third kappa shape index (κ3) is 2.63. The first-order valence-corrected chi connectivity index (χ1v) is 9.47. The van der Waals surface area contributed by atoms with E-state index in [0.29, 0.717) is 5.02 Å². The molecular weight excluding hydrogens is 416 g/mol. The van der Waals surface area contributed by atoms with Crippen LogP contribution in [0.3, 0.4) is 0 Å². The Hall–Kier alpha value is -2.24. The largest absolute Gasteiger partial charge is 0.464 e. The third-order valence-corrected chi connectivity index (χ3v) is 5.48. The molecule has 2 aliphatic heterocycles. The second-order valence-corrected chi connectivity index (χ2v) is 7.68. The standard InChI is InChI=1S/C20H14BrClN2O2/c21-13-5-3-12(4-6-13)20-24-17(11-16(23-24)19-2-1-9-25-19)15-10-14(22)7-8-18(15)26-20/h1-10,17,20H,11H2. The third-order valence-electron chi connectivity index (χ3n) is 4.71. The van der Waals surface area contributed by atoms with Crippen LogP contribution in [0.2, 0.25) is 5.02 Å². The highest BCUT2D eigenvalue weighted by Crippen LogP contribution is 2.48. The number of benzene rings is 2. The Balaban J connectivity index is 1.61. The van der Waals surface area contributed by atoms with Gasteiger partial charge in [-0.25, -0.2) is 5.01 Å². The van der Waals surface area contributed by atoms with Crippen molar-refractivity contribution < 1.29 is 9.15 Å². The summed E-state index contributed by atoms with van der Waals surface area (Å²) < 4.78 is 12.9. The van der Waals surface area contributed by atoms with Crippen molar-refractivity contribution in [1.82, 2.24) is 5.01 Å². The predicted octanol–water partition coefficient (Wildman–Crippen LogP) is 5.94. The molecule has 130 valence electrons. The highest BCUT2D eigenvalue weighted by atomic mass is 79.9. The van der Waals surface area contributed by atoms with E-state index < -0.39 is 0 Å². The highest BCUT2D eigenvalue weighted by Gasteiger charge is 2.41. The summed E-state index contributed by atoms with van der Waals surface area (Å²) in [6.07, 6.45) is 2.12. The molecule has 3 aromatic rings. The van der Waals surface area contributed by atoms with E-state index in [0.717, 1.165) is 39.2 Å². The molecule has 6 heteroatoms. The van der Waals surface area contributed by atoms with E-state index in [2.05, 4.69) is 15.9 Å². The lowest BCUT2D eigenvalue weighted by atomic mass is 9.97. The Bertz CT molecular complexity index is 986. The summed E-state index contributed by atoms with van der Waals surface area (Å²) in [7, 11) is 0. The van der Waals surface area contributed by atoms with E-state index in [4.69, 9.17) is 25.9 Å². The molecular formula is C20H14BrClN2O2. The van der Waals surface area contributed by atoms with E-state index in [-0.39, 0.29) is 12.3 Å². The van der Waals surface area contributed by atoms with Crippen molar-refractivity contribution in [2.45, 2.75) is 18.7 Å². The van der Waals surface area contributed by atoms with Crippen LogP contribution in [0, 0.1) is 0 Å². The molecule has 0 bridgehead atoms. The number of furan rings is 1. The zero-order chi connectivity index (χ0) is 17.7.